The number of nitrogens with one attached hydrogen (secondary N) is 2. The summed E-state index contributed by atoms with van der Waals surface area (Å²) in [6, 6.07) is 19.0. The van der Waals surface area contributed by atoms with Gasteiger partial charge < -0.3 is 20.3 Å². The minimum Gasteiger partial charge on any atom is -0.444 e. The normalized spacial score (nSPS) is 13.2. The van der Waals surface area contributed by atoms with Crippen LogP contribution in [0.15, 0.2) is 66.7 Å². The summed E-state index contributed by atoms with van der Waals surface area (Å²) in [7, 11) is 0. The monoisotopic (exact) mass is 625 g/mol. The zero-order valence-corrected chi connectivity index (χ0v) is 28.4. The van der Waals surface area contributed by atoms with E-state index in [2.05, 4.69) is 23.5 Å². The Morgan fingerprint density at radius 2 is 1.54 bits per heavy atom. The number of fused-ring (bicyclic) bond motifs is 1. The van der Waals surface area contributed by atoms with Gasteiger partial charge >= 0.3 is 6.09 Å². The number of terminal acetylenes is 1. The van der Waals surface area contributed by atoms with Crippen LogP contribution in [0, 0.1) is 18.3 Å². The van der Waals surface area contributed by atoms with Crippen LogP contribution in [0.3, 0.4) is 0 Å². The summed E-state index contributed by atoms with van der Waals surface area (Å²) in [4.78, 5) is 43.6. The molecule has 3 amide bonds. The molecule has 0 aromatic heterocycles. The fourth-order valence-electron chi connectivity index (χ4n) is 5.44. The van der Waals surface area contributed by atoms with Gasteiger partial charge in [0.1, 0.15) is 17.7 Å². The molecule has 0 fully saturated rings. The van der Waals surface area contributed by atoms with E-state index in [1.165, 1.54) is 0 Å². The van der Waals surface area contributed by atoms with Crippen LogP contribution >= 0.6 is 0 Å². The van der Waals surface area contributed by atoms with Gasteiger partial charge in [0.2, 0.25) is 5.91 Å². The van der Waals surface area contributed by atoms with Crippen LogP contribution in [0.2, 0.25) is 0 Å². The van der Waals surface area contributed by atoms with E-state index in [0.29, 0.717) is 29.8 Å². The summed E-state index contributed by atoms with van der Waals surface area (Å²) < 4.78 is 5.54. The first-order valence-corrected chi connectivity index (χ1v) is 16.6. The quantitative estimate of drug-likeness (QED) is 0.131. The van der Waals surface area contributed by atoms with Crippen LogP contribution in [0.5, 0.6) is 0 Å². The number of carbonyl (C=O) groups excluding carboxylic acids is 3. The van der Waals surface area contributed by atoms with Crippen LogP contribution < -0.4 is 10.6 Å². The number of anilines is 1. The largest absolute Gasteiger partial charge is 0.444 e. The lowest BCUT2D eigenvalue weighted by atomic mass is 9.95. The predicted molar refractivity (Wildman–Crippen MR) is 187 cm³/mol. The lowest BCUT2D eigenvalue weighted by molar-refractivity contribution is -0.142. The van der Waals surface area contributed by atoms with Crippen LogP contribution in [0.4, 0.5) is 10.5 Å². The highest BCUT2D eigenvalue weighted by Crippen LogP contribution is 2.28. The van der Waals surface area contributed by atoms with Crippen molar-refractivity contribution in [1.82, 2.24) is 10.2 Å². The number of amides is 3. The average Bonchev–Trinajstić information content (AvgIpc) is 3.03. The van der Waals surface area contributed by atoms with Crippen molar-refractivity contribution in [1.29, 1.82) is 0 Å². The van der Waals surface area contributed by atoms with Crippen molar-refractivity contribution in [3.8, 4) is 12.3 Å². The van der Waals surface area contributed by atoms with Gasteiger partial charge in [-0.1, -0.05) is 108 Å². The molecular formula is C39H51N3O4. The number of rotatable bonds is 15. The Morgan fingerprint density at radius 3 is 2.17 bits per heavy atom. The maximum absolute atomic E-state index is 14.6. The molecular weight excluding hydrogens is 574 g/mol. The van der Waals surface area contributed by atoms with Crippen LogP contribution in [-0.2, 0) is 14.3 Å². The zero-order chi connectivity index (χ0) is 33.7. The van der Waals surface area contributed by atoms with Crippen molar-refractivity contribution in [2.75, 3.05) is 11.9 Å². The van der Waals surface area contributed by atoms with Gasteiger partial charge in [-0.05, 0) is 73.7 Å². The number of benzene rings is 3. The van der Waals surface area contributed by atoms with E-state index in [1.54, 1.807) is 49.9 Å². The molecule has 2 N–H and O–H groups in total. The second-order valence-corrected chi connectivity index (χ2v) is 13.0. The van der Waals surface area contributed by atoms with Gasteiger partial charge in [-0.15, -0.1) is 6.42 Å². The molecule has 246 valence electrons. The van der Waals surface area contributed by atoms with Crippen LogP contribution in [-0.4, -0.2) is 41.0 Å². The van der Waals surface area contributed by atoms with E-state index >= 15 is 0 Å². The Bertz CT molecular complexity index is 1490. The number of ether oxygens (including phenoxy) is 1. The van der Waals surface area contributed by atoms with E-state index in [9.17, 15) is 14.4 Å². The molecule has 0 radical (unpaired) electrons. The number of nitrogens with zero attached hydrogens (tertiary/aromatic N) is 1. The molecule has 0 heterocycles. The molecule has 0 aliphatic carbocycles. The molecule has 7 heteroatoms. The maximum atomic E-state index is 14.6. The molecule has 0 bridgehead atoms. The topological polar surface area (TPSA) is 87.7 Å². The first-order valence-electron chi connectivity index (χ1n) is 16.6. The number of hydrogen-bond acceptors (Lipinski definition) is 4. The predicted octanol–water partition coefficient (Wildman–Crippen LogP) is 8.63. The maximum Gasteiger partial charge on any atom is 0.408 e. The molecule has 3 unspecified atom stereocenters. The highest BCUT2D eigenvalue weighted by molar-refractivity contribution is 6.00. The summed E-state index contributed by atoms with van der Waals surface area (Å²) in [5.41, 5.74) is 1.21. The van der Waals surface area contributed by atoms with Gasteiger partial charge in [0.25, 0.3) is 5.91 Å². The Hall–Kier alpha value is -4.31. The average molecular weight is 626 g/mol. The molecule has 0 aliphatic heterocycles. The standard InChI is InChI=1S/C39H51N3O4/c1-8-11-12-13-14-17-26-42(37(44)34(28(4)9-2)41-38(45)46-39(5,6)7)35(31-22-20-29(10-3)21-23-31)36(43)40-33-25-24-30-18-15-16-19-32(30)27-33/h3,15-16,18-25,27-28,34-35H,8-9,11-14,17,26H2,1-2,4-7H3,(H,40,43)(H,41,45). The van der Waals surface area contributed by atoms with E-state index < -0.39 is 23.8 Å². The minimum absolute atomic E-state index is 0.208. The van der Waals surface area contributed by atoms with Crippen molar-refractivity contribution in [3.63, 3.8) is 0 Å². The van der Waals surface area contributed by atoms with Gasteiger partial charge in [-0.3, -0.25) is 9.59 Å². The Kier molecular flexibility index (Phi) is 13.7. The summed E-state index contributed by atoms with van der Waals surface area (Å²) in [6.07, 6.45) is 11.7. The van der Waals surface area contributed by atoms with Gasteiger partial charge in [0.15, 0.2) is 0 Å². The second kappa shape index (κ2) is 17.4. The molecule has 0 spiro atoms. The van der Waals surface area contributed by atoms with Crippen LogP contribution in [0.1, 0.15) is 104 Å². The van der Waals surface area contributed by atoms with E-state index in [1.807, 2.05) is 56.3 Å². The molecule has 0 saturated carbocycles. The fourth-order valence-corrected chi connectivity index (χ4v) is 5.44. The van der Waals surface area contributed by atoms with Crippen molar-refractivity contribution in [2.24, 2.45) is 5.92 Å². The Balaban J connectivity index is 2.04. The van der Waals surface area contributed by atoms with Crippen molar-refractivity contribution < 1.29 is 19.1 Å². The molecule has 7 nitrogen and oxygen atoms in total. The first-order chi connectivity index (χ1) is 22.0. The van der Waals surface area contributed by atoms with Crippen LogP contribution in [0.25, 0.3) is 10.8 Å². The zero-order valence-electron chi connectivity index (χ0n) is 28.4. The molecule has 3 rings (SSSR count). The van der Waals surface area contributed by atoms with Crippen molar-refractivity contribution in [2.45, 2.75) is 104 Å². The molecule has 0 aliphatic rings. The van der Waals surface area contributed by atoms with E-state index in [0.717, 1.165) is 49.3 Å². The highest BCUT2D eigenvalue weighted by atomic mass is 16.6. The summed E-state index contributed by atoms with van der Waals surface area (Å²) in [5.74, 6) is 1.75. The number of alkyl carbamates (subject to hydrolysis) is 1. The lowest BCUT2D eigenvalue weighted by Gasteiger charge is -2.36. The van der Waals surface area contributed by atoms with Crippen molar-refractivity contribution >= 4 is 34.4 Å². The smallest absolute Gasteiger partial charge is 0.408 e. The lowest BCUT2D eigenvalue weighted by Crippen LogP contribution is -2.55. The Labute approximate surface area is 275 Å². The number of unbranched alkanes of at least 4 members (excludes halogenated alkanes) is 5. The highest BCUT2D eigenvalue weighted by Gasteiger charge is 2.38. The summed E-state index contributed by atoms with van der Waals surface area (Å²) >= 11 is 0. The second-order valence-electron chi connectivity index (χ2n) is 13.0. The first kappa shape index (κ1) is 36.2. The summed E-state index contributed by atoms with van der Waals surface area (Å²) in [5, 5.41) is 7.98. The minimum atomic E-state index is -0.964. The van der Waals surface area contributed by atoms with E-state index in [-0.39, 0.29) is 17.7 Å². The number of carbonyl (C=O) groups is 3. The van der Waals surface area contributed by atoms with Gasteiger partial charge in [-0.25, -0.2) is 4.79 Å². The van der Waals surface area contributed by atoms with Gasteiger partial charge in [0, 0.05) is 17.8 Å². The third-order valence-corrected chi connectivity index (χ3v) is 8.16. The number of hydrogen-bond donors (Lipinski definition) is 2. The van der Waals surface area contributed by atoms with E-state index in [4.69, 9.17) is 11.2 Å². The van der Waals surface area contributed by atoms with Crippen molar-refractivity contribution in [3.05, 3.63) is 77.9 Å². The molecule has 3 aromatic carbocycles. The molecule has 46 heavy (non-hydrogen) atoms. The Morgan fingerprint density at radius 1 is 0.891 bits per heavy atom. The third-order valence-electron chi connectivity index (χ3n) is 8.16. The van der Waals surface area contributed by atoms with Gasteiger partial charge in [0.05, 0.1) is 0 Å². The summed E-state index contributed by atoms with van der Waals surface area (Å²) in [6.45, 7) is 11.8. The van der Waals surface area contributed by atoms with Gasteiger partial charge in [-0.2, -0.15) is 0 Å². The third kappa shape index (κ3) is 10.7. The molecule has 3 atom stereocenters. The molecule has 0 saturated heterocycles. The SMILES string of the molecule is C#Cc1ccc(C(C(=O)Nc2ccc3ccccc3c2)N(CCCCCCCC)C(=O)C(NC(=O)OC(C)(C)C)C(C)CC)cc1. The molecule has 3 aromatic rings. The fraction of sp³-hybridized carbons (Fsp3) is 0.462.